The van der Waals surface area contributed by atoms with Gasteiger partial charge in [-0.2, -0.15) is 0 Å². The number of anilines is 2. The van der Waals surface area contributed by atoms with Gasteiger partial charge in [-0.3, -0.25) is 4.72 Å². The van der Waals surface area contributed by atoms with E-state index in [0.29, 0.717) is 10.7 Å². The molecule has 3 N–H and O–H groups in total. The first-order valence-electron chi connectivity index (χ1n) is 6.56. The van der Waals surface area contributed by atoms with Crippen molar-refractivity contribution in [1.82, 2.24) is 4.98 Å². The molecule has 1 aromatic heterocycles. The van der Waals surface area contributed by atoms with Crippen LogP contribution in [0.1, 0.15) is 36.6 Å². The average Bonchev–Trinajstić information content (AvgIpc) is 2.82. The Balaban J connectivity index is 2.41. The lowest BCUT2D eigenvalue weighted by molar-refractivity contribution is 0.601. The number of hydrogen-bond acceptors (Lipinski definition) is 5. The number of nitrogens with zero attached hydrogens (tertiary/aromatic N) is 1. The van der Waals surface area contributed by atoms with Gasteiger partial charge in [0.25, 0.3) is 10.0 Å². The van der Waals surface area contributed by atoms with Crippen LogP contribution in [0.25, 0.3) is 0 Å². The monoisotopic (exact) mass is 325 g/mol. The summed E-state index contributed by atoms with van der Waals surface area (Å²) in [5.41, 5.74) is 8.49. The van der Waals surface area contributed by atoms with Crippen LogP contribution < -0.4 is 10.5 Å². The third-order valence-electron chi connectivity index (χ3n) is 3.31. The van der Waals surface area contributed by atoms with Crippen LogP contribution in [-0.2, 0) is 10.0 Å². The molecule has 0 spiro atoms. The van der Waals surface area contributed by atoms with Gasteiger partial charge in [0.2, 0.25) is 0 Å². The fourth-order valence-electron chi connectivity index (χ4n) is 1.93. The third kappa shape index (κ3) is 3.19. The van der Waals surface area contributed by atoms with Crippen LogP contribution in [0.3, 0.4) is 0 Å². The minimum absolute atomic E-state index is 0.129. The maximum Gasteiger partial charge on any atom is 0.265 e. The second-order valence-corrected chi connectivity index (χ2v) is 7.74. The molecule has 1 aromatic carbocycles. The molecule has 0 aliphatic heterocycles. The van der Waals surface area contributed by atoms with E-state index in [-0.39, 0.29) is 16.5 Å². The number of thiazole rings is 1. The minimum Gasteiger partial charge on any atom is -0.398 e. The fourth-order valence-corrected chi connectivity index (χ4v) is 4.49. The number of hydrogen-bond donors (Lipinski definition) is 2. The smallest absolute Gasteiger partial charge is 0.265 e. The van der Waals surface area contributed by atoms with Crippen molar-refractivity contribution in [2.75, 3.05) is 10.5 Å². The molecule has 114 valence electrons. The summed E-state index contributed by atoms with van der Waals surface area (Å²) in [5, 5.41) is 2.22. The highest BCUT2D eigenvalue weighted by Crippen LogP contribution is 2.29. The average molecular weight is 325 g/mol. The van der Waals surface area contributed by atoms with E-state index in [2.05, 4.69) is 9.71 Å². The topological polar surface area (TPSA) is 85.1 Å². The van der Waals surface area contributed by atoms with Gasteiger partial charge in [0.1, 0.15) is 4.90 Å². The molecule has 0 amide bonds. The summed E-state index contributed by atoms with van der Waals surface area (Å²) in [6.07, 6.45) is 0. The molecule has 0 aliphatic rings. The molecule has 2 rings (SSSR count). The molecule has 0 aliphatic carbocycles. The van der Waals surface area contributed by atoms with E-state index < -0.39 is 10.0 Å². The molecule has 0 atom stereocenters. The van der Waals surface area contributed by atoms with Gasteiger partial charge < -0.3 is 5.73 Å². The van der Waals surface area contributed by atoms with Crippen molar-refractivity contribution in [2.24, 2.45) is 0 Å². The van der Waals surface area contributed by atoms with Crippen molar-refractivity contribution in [3.63, 3.8) is 0 Å². The summed E-state index contributed by atoms with van der Waals surface area (Å²) < 4.78 is 27.6. The van der Waals surface area contributed by atoms with Gasteiger partial charge in [0.15, 0.2) is 5.13 Å². The van der Waals surface area contributed by atoms with Crippen LogP contribution in [-0.4, -0.2) is 13.4 Å². The van der Waals surface area contributed by atoms with Gasteiger partial charge >= 0.3 is 0 Å². The van der Waals surface area contributed by atoms with Crippen molar-refractivity contribution in [3.05, 3.63) is 34.3 Å². The lowest BCUT2D eigenvalue weighted by atomic mass is 10.1. The summed E-state index contributed by atoms with van der Waals surface area (Å²) in [5.74, 6) is 0.255. The van der Waals surface area contributed by atoms with Gasteiger partial charge in [-0.05, 0) is 37.0 Å². The van der Waals surface area contributed by atoms with Crippen molar-refractivity contribution in [3.8, 4) is 0 Å². The van der Waals surface area contributed by atoms with Gasteiger partial charge in [0.05, 0.1) is 11.4 Å². The molecule has 0 radical (unpaired) electrons. The van der Waals surface area contributed by atoms with Gasteiger partial charge in [0, 0.05) is 5.38 Å². The first kappa shape index (κ1) is 15.8. The predicted molar refractivity (Wildman–Crippen MR) is 87.3 cm³/mol. The standard InChI is InChI=1S/C14H19N3O2S2/c1-8(2)12-7-20-14(16-12)17-21(18,19)13-10(4)9(3)5-6-11(13)15/h5-8H,15H2,1-4H3,(H,16,17). The molecule has 0 saturated heterocycles. The number of aryl methyl sites for hydroxylation is 1. The summed E-state index contributed by atoms with van der Waals surface area (Å²) in [6, 6.07) is 3.42. The zero-order valence-corrected chi connectivity index (χ0v) is 14.1. The van der Waals surface area contributed by atoms with E-state index in [1.54, 1.807) is 13.0 Å². The molecule has 5 nitrogen and oxygen atoms in total. The lowest BCUT2D eigenvalue weighted by Crippen LogP contribution is -2.16. The van der Waals surface area contributed by atoms with Crippen LogP contribution in [0.15, 0.2) is 22.4 Å². The maximum absolute atomic E-state index is 12.6. The first-order chi connectivity index (χ1) is 9.72. The van der Waals surface area contributed by atoms with E-state index in [4.69, 9.17) is 5.73 Å². The number of sulfonamides is 1. The molecule has 7 heteroatoms. The van der Waals surface area contributed by atoms with Crippen LogP contribution in [0, 0.1) is 13.8 Å². The van der Waals surface area contributed by atoms with Crippen LogP contribution in [0.5, 0.6) is 0 Å². The quantitative estimate of drug-likeness (QED) is 0.845. The summed E-state index contributed by atoms with van der Waals surface area (Å²) in [7, 11) is -3.74. The van der Waals surface area contributed by atoms with Gasteiger partial charge in [-0.1, -0.05) is 19.9 Å². The molecule has 0 fully saturated rings. The number of benzene rings is 1. The highest BCUT2D eigenvalue weighted by atomic mass is 32.2. The number of nitrogens with one attached hydrogen (secondary N) is 1. The van der Waals surface area contributed by atoms with Crippen LogP contribution >= 0.6 is 11.3 Å². The molecule has 2 aromatic rings. The van der Waals surface area contributed by atoms with Crippen molar-refractivity contribution >= 4 is 32.2 Å². The highest BCUT2D eigenvalue weighted by molar-refractivity contribution is 7.93. The SMILES string of the molecule is Cc1ccc(N)c(S(=O)(=O)Nc2nc(C(C)C)cs2)c1C. The number of rotatable bonds is 4. The highest BCUT2D eigenvalue weighted by Gasteiger charge is 2.22. The minimum atomic E-state index is -3.74. The Bertz CT molecular complexity index is 765. The third-order valence-corrected chi connectivity index (χ3v) is 5.76. The number of nitrogens with two attached hydrogens (primary N) is 1. The van der Waals surface area contributed by atoms with Crippen molar-refractivity contribution in [1.29, 1.82) is 0 Å². The fraction of sp³-hybridized carbons (Fsp3) is 0.357. The predicted octanol–water partition coefficient (Wildman–Crippen LogP) is 3.27. The summed E-state index contributed by atoms with van der Waals surface area (Å²) >= 11 is 1.27. The lowest BCUT2D eigenvalue weighted by Gasteiger charge is -2.12. The van der Waals surface area contributed by atoms with E-state index >= 15 is 0 Å². The number of aromatic nitrogens is 1. The Morgan fingerprint density at radius 2 is 1.95 bits per heavy atom. The Morgan fingerprint density at radius 1 is 1.29 bits per heavy atom. The van der Waals surface area contributed by atoms with E-state index in [0.717, 1.165) is 11.3 Å². The van der Waals surface area contributed by atoms with Crippen LogP contribution in [0.2, 0.25) is 0 Å². The van der Waals surface area contributed by atoms with Gasteiger partial charge in [-0.25, -0.2) is 13.4 Å². The zero-order chi connectivity index (χ0) is 15.8. The maximum atomic E-state index is 12.6. The van der Waals surface area contributed by atoms with E-state index in [1.165, 1.54) is 11.3 Å². The van der Waals surface area contributed by atoms with Crippen molar-refractivity contribution < 1.29 is 8.42 Å². The molecule has 0 saturated carbocycles. The first-order valence-corrected chi connectivity index (χ1v) is 8.92. The molecule has 0 unspecified atom stereocenters. The summed E-state index contributed by atoms with van der Waals surface area (Å²) in [4.78, 5) is 4.42. The molecular formula is C14H19N3O2S2. The summed E-state index contributed by atoms with van der Waals surface area (Å²) in [6.45, 7) is 7.63. The van der Waals surface area contributed by atoms with Crippen LogP contribution in [0.4, 0.5) is 10.8 Å². The molecule has 21 heavy (non-hydrogen) atoms. The largest absolute Gasteiger partial charge is 0.398 e. The van der Waals surface area contributed by atoms with E-state index in [1.807, 2.05) is 32.2 Å². The Kier molecular flexibility index (Phi) is 4.25. The van der Waals surface area contributed by atoms with Gasteiger partial charge in [-0.15, -0.1) is 11.3 Å². The Hall–Kier alpha value is -1.60. The Morgan fingerprint density at radius 3 is 2.52 bits per heavy atom. The van der Waals surface area contributed by atoms with E-state index in [9.17, 15) is 8.42 Å². The number of nitrogen functional groups attached to an aromatic ring is 1. The molecule has 1 heterocycles. The van der Waals surface area contributed by atoms with Crippen molar-refractivity contribution in [2.45, 2.75) is 38.5 Å². The molecular weight excluding hydrogens is 306 g/mol. The molecule has 0 bridgehead atoms. The second-order valence-electron chi connectivity index (χ2n) is 5.26. The normalized spacial score (nSPS) is 11.9. The zero-order valence-electron chi connectivity index (χ0n) is 12.5. The Labute approximate surface area is 129 Å². The second kappa shape index (κ2) is 5.65.